The van der Waals surface area contributed by atoms with E-state index in [4.69, 9.17) is 9.15 Å². The van der Waals surface area contributed by atoms with Gasteiger partial charge in [0, 0.05) is 25.4 Å². The highest BCUT2D eigenvalue weighted by Crippen LogP contribution is 2.27. The summed E-state index contributed by atoms with van der Waals surface area (Å²) in [4.78, 5) is 14.9. The number of aryl methyl sites for hydroxylation is 1. The fraction of sp³-hybridized carbons (Fsp3) is 0.320. The first-order valence-corrected chi connectivity index (χ1v) is 10.4. The third-order valence-corrected chi connectivity index (χ3v) is 5.71. The van der Waals surface area contributed by atoms with E-state index >= 15 is 0 Å². The van der Waals surface area contributed by atoms with Crippen LogP contribution in [0.1, 0.15) is 30.6 Å². The average molecular weight is 407 g/mol. The molecule has 0 radical (unpaired) electrons. The summed E-state index contributed by atoms with van der Waals surface area (Å²) in [5.74, 6) is 1.87. The molecule has 0 spiro atoms. The number of amides is 1. The molecule has 1 aromatic heterocycles. The maximum absolute atomic E-state index is 13.9. The molecule has 2 aromatic carbocycles. The van der Waals surface area contributed by atoms with Gasteiger partial charge in [0.1, 0.15) is 23.1 Å². The Morgan fingerprint density at radius 2 is 1.93 bits per heavy atom. The summed E-state index contributed by atoms with van der Waals surface area (Å²) >= 11 is 0. The number of halogens is 1. The number of hydrogen-bond acceptors (Lipinski definition) is 3. The topological polar surface area (TPSA) is 42.7 Å². The minimum absolute atomic E-state index is 0.148. The Balaban J connectivity index is 1.34. The molecule has 1 saturated heterocycles. The minimum Gasteiger partial charge on any atom is -0.497 e. The normalized spacial score (nSPS) is 16.1. The number of nitrogens with zero attached hydrogens (tertiary/aromatic N) is 1. The highest BCUT2D eigenvalue weighted by Gasteiger charge is 2.28. The SMILES string of the molecule is COc1ccc(CC2CCCN2C(=O)CCc2ccc(-c3ccccc3F)o2)cc1. The Hall–Kier alpha value is -3.08. The maximum atomic E-state index is 13.9. The fourth-order valence-corrected chi connectivity index (χ4v) is 4.10. The van der Waals surface area contributed by atoms with Crippen molar-refractivity contribution in [2.45, 2.75) is 38.1 Å². The van der Waals surface area contributed by atoms with Crippen molar-refractivity contribution in [2.24, 2.45) is 0 Å². The smallest absolute Gasteiger partial charge is 0.223 e. The molecule has 5 heteroatoms. The lowest BCUT2D eigenvalue weighted by Crippen LogP contribution is -2.36. The van der Waals surface area contributed by atoms with Crippen LogP contribution in [0.4, 0.5) is 4.39 Å². The second-order valence-electron chi connectivity index (χ2n) is 7.68. The van der Waals surface area contributed by atoms with Crippen LogP contribution >= 0.6 is 0 Å². The number of likely N-dealkylation sites (tertiary alicyclic amines) is 1. The van der Waals surface area contributed by atoms with E-state index in [1.807, 2.05) is 23.1 Å². The van der Waals surface area contributed by atoms with Crippen molar-refractivity contribution in [1.82, 2.24) is 4.90 Å². The summed E-state index contributed by atoms with van der Waals surface area (Å²) in [5.41, 5.74) is 1.65. The zero-order valence-corrected chi connectivity index (χ0v) is 17.1. The van der Waals surface area contributed by atoms with Crippen LogP contribution in [-0.2, 0) is 17.6 Å². The van der Waals surface area contributed by atoms with Crippen LogP contribution in [0, 0.1) is 5.82 Å². The number of carbonyl (C=O) groups excluding carboxylic acids is 1. The van der Waals surface area contributed by atoms with Crippen LogP contribution in [-0.4, -0.2) is 30.5 Å². The van der Waals surface area contributed by atoms with Gasteiger partial charge in [-0.15, -0.1) is 0 Å². The highest BCUT2D eigenvalue weighted by molar-refractivity contribution is 5.77. The Kier molecular flexibility index (Phi) is 6.17. The molecular weight excluding hydrogens is 381 g/mol. The molecule has 1 aliphatic rings. The van der Waals surface area contributed by atoms with Crippen molar-refractivity contribution >= 4 is 5.91 Å². The van der Waals surface area contributed by atoms with E-state index in [1.54, 1.807) is 31.4 Å². The average Bonchev–Trinajstić information content (AvgIpc) is 3.43. The molecule has 4 rings (SSSR count). The Morgan fingerprint density at radius 3 is 2.70 bits per heavy atom. The molecule has 1 aliphatic heterocycles. The van der Waals surface area contributed by atoms with Crippen LogP contribution < -0.4 is 4.74 Å². The molecule has 1 fully saturated rings. The lowest BCUT2D eigenvalue weighted by atomic mass is 10.0. The Labute approximate surface area is 176 Å². The van der Waals surface area contributed by atoms with E-state index in [0.29, 0.717) is 29.9 Å². The summed E-state index contributed by atoms with van der Waals surface area (Å²) < 4.78 is 24.9. The Morgan fingerprint density at radius 1 is 1.13 bits per heavy atom. The third-order valence-electron chi connectivity index (χ3n) is 5.71. The molecule has 1 atom stereocenters. The molecule has 3 aromatic rings. The highest BCUT2D eigenvalue weighted by atomic mass is 19.1. The minimum atomic E-state index is -0.312. The molecule has 0 aliphatic carbocycles. The summed E-state index contributed by atoms with van der Waals surface area (Å²) in [7, 11) is 1.66. The Bertz CT molecular complexity index is 996. The lowest BCUT2D eigenvalue weighted by molar-refractivity contribution is -0.132. The number of methoxy groups -OCH3 is 1. The predicted octanol–water partition coefficient (Wildman–Crippen LogP) is 5.26. The van der Waals surface area contributed by atoms with E-state index < -0.39 is 0 Å². The summed E-state index contributed by atoms with van der Waals surface area (Å²) in [6, 6.07) is 18.4. The second-order valence-corrected chi connectivity index (χ2v) is 7.68. The number of furan rings is 1. The maximum Gasteiger partial charge on any atom is 0.223 e. The molecule has 0 saturated carbocycles. The van der Waals surface area contributed by atoms with Crippen molar-refractivity contribution < 1.29 is 18.3 Å². The summed E-state index contributed by atoms with van der Waals surface area (Å²) in [6.07, 6.45) is 3.82. The van der Waals surface area contributed by atoms with Gasteiger partial charge in [-0.2, -0.15) is 0 Å². The molecule has 2 heterocycles. The van der Waals surface area contributed by atoms with E-state index in [1.165, 1.54) is 11.6 Å². The molecular formula is C25H26FNO3. The number of ether oxygens (including phenoxy) is 1. The fourth-order valence-electron chi connectivity index (χ4n) is 4.10. The number of hydrogen-bond donors (Lipinski definition) is 0. The van der Waals surface area contributed by atoms with Gasteiger partial charge in [-0.05, 0) is 61.2 Å². The van der Waals surface area contributed by atoms with Crippen LogP contribution in [0.2, 0.25) is 0 Å². The van der Waals surface area contributed by atoms with Gasteiger partial charge in [0.25, 0.3) is 0 Å². The number of benzene rings is 2. The third kappa shape index (κ3) is 4.56. The van der Waals surface area contributed by atoms with E-state index in [2.05, 4.69) is 12.1 Å². The van der Waals surface area contributed by atoms with Gasteiger partial charge in [-0.1, -0.05) is 24.3 Å². The summed E-state index contributed by atoms with van der Waals surface area (Å²) in [5, 5.41) is 0. The predicted molar refractivity (Wildman–Crippen MR) is 114 cm³/mol. The van der Waals surface area contributed by atoms with Gasteiger partial charge >= 0.3 is 0 Å². The zero-order chi connectivity index (χ0) is 20.9. The second kappa shape index (κ2) is 9.16. The molecule has 4 nitrogen and oxygen atoms in total. The molecule has 1 unspecified atom stereocenters. The first-order chi connectivity index (χ1) is 14.6. The van der Waals surface area contributed by atoms with Crippen LogP contribution in [0.25, 0.3) is 11.3 Å². The van der Waals surface area contributed by atoms with Gasteiger partial charge in [-0.3, -0.25) is 4.79 Å². The summed E-state index contributed by atoms with van der Waals surface area (Å²) in [6.45, 7) is 0.804. The molecule has 1 amide bonds. The van der Waals surface area contributed by atoms with E-state index in [0.717, 1.165) is 31.6 Å². The quantitative estimate of drug-likeness (QED) is 0.536. The molecule has 0 N–H and O–H groups in total. The van der Waals surface area contributed by atoms with Crippen molar-refractivity contribution in [2.75, 3.05) is 13.7 Å². The van der Waals surface area contributed by atoms with Crippen molar-refractivity contribution in [3.8, 4) is 17.1 Å². The molecule has 156 valence electrons. The van der Waals surface area contributed by atoms with Gasteiger partial charge in [0.05, 0.1) is 12.7 Å². The van der Waals surface area contributed by atoms with Gasteiger partial charge in [-0.25, -0.2) is 4.39 Å². The van der Waals surface area contributed by atoms with Gasteiger partial charge < -0.3 is 14.1 Å². The van der Waals surface area contributed by atoms with Crippen LogP contribution in [0.3, 0.4) is 0 Å². The monoisotopic (exact) mass is 407 g/mol. The van der Waals surface area contributed by atoms with Gasteiger partial charge in [0.15, 0.2) is 0 Å². The van der Waals surface area contributed by atoms with Crippen molar-refractivity contribution in [3.63, 3.8) is 0 Å². The number of carbonyl (C=O) groups is 1. The zero-order valence-electron chi connectivity index (χ0n) is 17.1. The first-order valence-electron chi connectivity index (χ1n) is 10.4. The standard InChI is InChI=1S/C25H26FNO3/c1-29-20-10-8-18(9-11-20)17-19-5-4-16-27(19)25(28)15-13-21-12-14-24(30-21)22-6-2-3-7-23(22)26/h2-3,6-12,14,19H,4-5,13,15-17H2,1H3. The first kappa shape index (κ1) is 20.2. The van der Waals surface area contributed by atoms with Crippen molar-refractivity contribution in [3.05, 3.63) is 77.8 Å². The van der Waals surface area contributed by atoms with Crippen LogP contribution in [0.5, 0.6) is 5.75 Å². The van der Waals surface area contributed by atoms with Crippen LogP contribution in [0.15, 0.2) is 65.1 Å². The largest absolute Gasteiger partial charge is 0.497 e. The molecule has 0 bridgehead atoms. The van der Waals surface area contributed by atoms with E-state index in [9.17, 15) is 9.18 Å². The van der Waals surface area contributed by atoms with E-state index in [-0.39, 0.29) is 17.8 Å². The molecule has 30 heavy (non-hydrogen) atoms. The van der Waals surface area contributed by atoms with Gasteiger partial charge in [0.2, 0.25) is 5.91 Å². The lowest BCUT2D eigenvalue weighted by Gasteiger charge is -2.25. The van der Waals surface area contributed by atoms with Crippen molar-refractivity contribution in [1.29, 1.82) is 0 Å². The number of rotatable bonds is 7.